The average molecular weight is 219 g/mol. The Morgan fingerprint density at radius 2 is 2.19 bits per heavy atom. The zero-order valence-corrected chi connectivity index (χ0v) is 10.1. The lowest BCUT2D eigenvalue weighted by Crippen LogP contribution is -2.19. The lowest BCUT2D eigenvalue weighted by molar-refractivity contribution is 0.407. The highest BCUT2D eigenvalue weighted by Crippen LogP contribution is 2.41. The lowest BCUT2D eigenvalue weighted by atomic mass is 9.96. The topological polar surface area (TPSA) is 43.8 Å². The van der Waals surface area contributed by atoms with E-state index in [-0.39, 0.29) is 0 Å². The monoisotopic (exact) mass is 219 g/mol. The molecule has 3 nitrogen and oxygen atoms in total. The molecule has 1 aliphatic carbocycles. The summed E-state index contributed by atoms with van der Waals surface area (Å²) in [6.07, 6.45) is 6.15. The van der Waals surface area contributed by atoms with Crippen molar-refractivity contribution in [3.63, 3.8) is 0 Å². The number of nitrogens with zero attached hydrogens (tertiary/aromatic N) is 2. The predicted octanol–water partition coefficient (Wildman–Crippen LogP) is 1.84. The summed E-state index contributed by atoms with van der Waals surface area (Å²) in [5, 5.41) is 0. The van der Waals surface area contributed by atoms with E-state index < -0.39 is 0 Å². The molecule has 16 heavy (non-hydrogen) atoms. The van der Waals surface area contributed by atoms with Crippen LogP contribution >= 0.6 is 0 Å². The largest absolute Gasteiger partial charge is 0.332 e. The molecule has 0 spiro atoms. The van der Waals surface area contributed by atoms with Crippen LogP contribution in [0, 0.1) is 5.92 Å². The van der Waals surface area contributed by atoms with E-state index >= 15 is 0 Å². The van der Waals surface area contributed by atoms with Crippen molar-refractivity contribution >= 4 is 0 Å². The summed E-state index contributed by atoms with van der Waals surface area (Å²) in [4.78, 5) is 4.86. The third-order valence-corrected chi connectivity index (χ3v) is 3.90. The fraction of sp³-hybridized carbons (Fsp3) is 0.769. The Kier molecular flexibility index (Phi) is 2.51. The highest BCUT2D eigenvalue weighted by Gasteiger charge is 2.32. The van der Waals surface area contributed by atoms with Gasteiger partial charge in [-0.2, -0.15) is 0 Å². The van der Waals surface area contributed by atoms with Crippen LogP contribution in [0.15, 0.2) is 0 Å². The normalized spacial score (nSPS) is 24.5. The number of imidazole rings is 1. The first-order valence-corrected chi connectivity index (χ1v) is 6.58. The van der Waals surface area contributed by atoms with Crippen molar-refractivity contribution < 1.29 is 0 Å². The summed E-state index contributed by atoms with van der Waals surface area (Å²) in [6, 6.07) is 0. The highest BCUT2D eigenvalue weighted by atomic mass is 15.1. The van der Waals surface area contributed by atoms with Crippen LogP contribution in [-0.2, 0) is 19.4 Å². The van der Waals surface area contributed by atoms with E-state index in [9.17, 15) is 0 Å². The molecular formula is C13H21N3. The number of hydrogen-bond donors (Lipinski definition) is 1. The minimum atomic E-state index is 0.725. The number of fused-ring (bicyclic) bond motifs is 1. The molecule has 2 heterocycles. The maximum absolute atomic E-state index is 5.68. The maximum Gasteiger partial charge on any atom is 0.112 e. The van der Waals surface area contributed by atoms with E-state index in [1.54, 1.807) is 0 Å². The van der Waals surface area contributed by atoms with Gasteiger partial charge in [0.15, 0.2) is 0 Å². The van der Waals surface area contributed by atoms with Crippen LogP contribution in [0.5, 0.6) is 0 Å². The fourth-order valence-corrected chi connectivity index (χ4v) is 2.81. The van der Waals surface area contributed by atoms with Crippen LogP contribution in [0.3, 0.4) is 0 Å². The van der Waals surface area contributed by atoms with Gasteiger partial charge < -0.3 is 10.3 Å². The van der Waals surface area contributed by atoms with Crippen molar-refractivity contribution in [1.82, 2.24) is 9.55 Å². The van der Waals surface area contributed by atoms with E-state index in [0.717, 1.165) is 24.8 Å². The van der Waals surface area contributed by atoms with Crippen LogP contribution in [0.2, 0.25) is 0 Å². The lowest BCUT2D eigenvalue weighted by Gasteiger charge is -2.22. The molecule has 1 aromatic heterocycles. The average Bonchev–Trinajstić information content (AvgIpc) is 3.04. The molecule has 2 N–H and O–H groups in total. The summed E-state index contributed by atoms with van der Waals surface area (Å²) in [7, 11) is 0. The molecule has 1 aliphatic heterocycles. The SMILES string of the molecule is CC1CCn2c(C3CC3)nc(CCN)c2C1. The third-order valence-electron chi connectivity index (χ3n) is 3.90. The summed E-state index contributed by atoms with van der Waals surface area (Å²) >= 11 is 0. The van der Waals surface area contributed by atoms with Crippen molar-refractivity contribution in [2.45, 2.75) is 51.5 Å². The van der Waals surface area contributed by atoms with Gasteiger partial charge in [0.1, 0.15) is 5.82 Å². The molecule has 1 atom stereocenters. The van der Waals surface area contributed by atoms with Crippen molar-refractivity contribution in [3.05, 3.63) is 17.2 Å². The highest BCUT2D eigenvalue weighted by molar-refractivity contribution is 5.24. The second-order valence-electron chi connectivity index (χ2n) is 5.43. The van der Waals surface area contributed by atoms with Crippen molar-refractivity contribution in [2.24, 2.45) is 11.7 Å². The first kappa shape index (κ1) is 10.3. The smallest absolute Gasteiger partial charge is 0.112 e. The first-order chi connectivity index (χ1) is 7.79. The molecule has 1 fully saturated rings. The summed E-state index contributed by atoms with van der Waals surface area (Å²) in [5.74, 6) is 2.94. The molecule has 0 radical (unpaired) electrons. The second kappa shape index (κ2) is 3.88. The summed E-state index contributed by atoms with van der Waals surface area (Å²) in [5.41, 5.74) is 8.46. The van der Waals surface area contributed by atoms with E-state index in [2.05, 4.69) is 11.5 Å². The minimum absolute atomic E-state index is 0.725. The zero-order chi connectivity index (χ0) is 11.1. The van der Waals surface area contributed by atoms with Crippen LogP contribution in [0.4, 0.5) is 0 Å². The van der Waals surface area contributed by atoms with Crippen LogP contribution in [0.1, 0.15) is 49.3 Å². The van der Waals surface area contributed by atoms with Crippen LogP contribution in [0.25, 0.3) is 0 Å². The van der Waals surface area contributed by atoms with Crippen molar-refractivity contribution in [2.75, 3.05) is 6.54 Å². The summed E-state index contributed by atoms with van der Waals surface area (Å²) < 4.78 is 2.50. The molecule has 3 heteroatoms. The van der Waals surface area contributed by atoms with Gasteiger partial charge in [-0.25, -0.2) is 4.98 Å². The Balaban J connectivity index is 1.99. The molecule has 2 aliphatic rings. The molecule has 1 unspecified atom stereocenters. The van der Waals surface area contributed by atoms with E-state index in [0.29, 0.717) is 0 Å². The van der Waals surface area contributed by atoms with Gasteiger partial charge in [0.05, 0.1) is 5.69 Å². The quantitative estimate of drug-likeness (QED) is 0.843. The second-order valence-corrected chi connectivity index (χ2v) is 5.43. The number of hydrogen-bond acceptors (Lipinski definition) is 2. The van der Waals surface area contributed by atoms with Crippen LogP contribution < -0.4 is 5.73 Å². The van der Waals surface area contributed by atoms with Gasteiger partial charge in [0.25, 0.3) is 0 Å². The van der Waals surface area contributed by atoms with E-state index in [1.807, 2.05) is 0 Å². The fourth-order valence-electron chi connectivity index (χ4n) is 2.81. The van der Waals surface area contributed by atoms with E-state index in [1.165, 1.54) is 49.4 Å². The number of nitrogens with two attached hydrogens (primary N) is 1. The van der Waals surface area contributed by atoms with Crippen molar-refractivity contribution in [1.29, 1.82) is 0 Å². The third kappa shape index (κ3) is 1.67. The molecule has 0 amide bonds. The van der Waals surface area contributed by atoms with Gasteiger partial charge in [-0.1, -0.05) is 6.92 Å². The van der Waals surface area contributed by atoms with Gasteiger partial charge in [0.2, 0.25) is 0 Å². The molecule has 0 bridgehead atoms. The van der Waals surface area contributed by atoms with E-state index in [4.69, 9.17) is 10.7 Å². The molecule has 0 saturated heterocycles. The Hall–Kier alpha value is -0.830. The molecule has 3 rings (SSSR count). The minimum Gasteiger partial charge on any atom is -0.332 e. The van der Waals surface area contributed by atoms with Gasteiger partial charge in [-0.15, -0.1) is 0 Å². The standard InChI is InChI=1S/C13H21N3/c1-9-5-7-16-12(8-9)11(4-6-14)15-13(16)10-2-3-10/h9-10H,2-8,14H2,1H3. The first-order valence-electron chi connectivity index (χ1n) is 6.58. The van der Waals surface area contributed by atoms with Crippen LogP contribution in [-0.4, -0.2) is 16.1 Å². The van der Waals surface area contributed by atoms with Gasteiger partial charge >= 0.3 is 0 Å². The van der Waals surface area contributed by atoms with Gasteiger partial charge in [0, 0.05) is 24.6 Å². The number of rotatable bonds is 3. The Morgan fingerprint density at radius 3 is 2.88 bits per heavy atom. The number of aromatic nitrogens is 2. The Bertz CT molecular complexity index is 390. The Labute approximate surface area is 97.0 Å². The summed E-state index contributed by atoms with van der Waals surface area (Å²) in [6.45, 7) is 4.25. The van der Waals surface area contributed by atoms with Gasteiger partial charge in [-0.3, -0.25) is 0 Å². The molecular weight excluding hydrogens is 198 g/mol. The molecule has 1 aromatic rings. The predicted molar refractivity (Wildman–Crippen MR) is 64.4 cm³/mol. The van der Waals surface area contributed by atoms with Gasteiger partial charge in [-0.05, 0) is 38.1 Å². The molecule has 0 aromatic carbocycles. The Morgan fingerprint density at radius 1 is 1.38 bits per heavy atom. The molecule has 1 saturated carbocycles. The van der Waals surface area contributed by atoms with Crippen molar-refractivity contribution in [3.8, 4) is 0 Å². The molecule has 88 valence electrons. The maximum atomic E-state index is 5.68. The zero-order valence-electron chi connectivity index (χ0n) is 10.1.